The summed E-state index contributed by atoms with van der Waals surface area (Å²) in [5.74, 6) is 0.867. The maximum Gasteiger partial charge on any atom is 0.137 e. The number of imidazole rings is 1. The molecule has 0 atom stereocenters. The maximum absolute atomic E-state index is 4.46. The highest BCUT2D eigenvalue weighted by molar-refractivity contribution is 7.13. The molecule has 0 bridgehead atoms. The average molecular weight is 373 g/mol. The van der Waals surface area contributed by atoms with Gasteiger partial charge in [-0.3, -0.25) is 9.67 Å². The van der Waals surface area contributed by atoms with Gasteiger partial charge in [-0.1, -0.05) is 12.1 Å². The summed E-state index contributed by atoms with van der Waals surface area (Å²) in [5.41, 5.74) is 3.39. The highest BCUT2D eigenvalue weighted by atomic mass is 35.5. The molecule has 0 fully saturated rings. The molecule has 4 heterocycles. The van der Waals surface area contributed by atoms with Gasteiger partial charge in [-0.2, -0.15) is 5.10 Å². The minimum absolute atomic E-state index is 0. The van der Waals surface area contributed by atoms with E-state index in [1.54, 1.807) is 23.9 Å². The fraction of sp³-hybridized carbons (Fsp3) is 0.118. The van der Waals surface area contributed by atoms with Gasteiger partial charge in [-0.25, -0.2) is 9.97 Å². The van der Waals surface area contributed by atoms with Crippen molar-refractivity contribution >= 4 is 23.7 Å². The van der Waals surface area contributed by atoms with Gasteiger partial charge in [0.2, 0.25) is 0 Å². The van der Waals surface area contributed by atoms with Gasteiger partial charge in [0.1, 0.15) is 12.1 Å². The second-order valence-corrected chi connectivity index (χ2v) is 6.29. The van der Waals surface area contributed by atoms with E-state index in [1.807, 2.05) is 35.3 Å². The van der Waals surface area contributed by atoms with Crippen molar-refractivity contribution in [2.24, 2.45) is 0 Å². The van der Waals surface area contributed by atoms with E-state index in [4.69, 9.17) is 0 Å². The van der Waals surface area contributed by atoms with Crippen LogP contribution in [0, 0.1) is 0 Å². The number of aromatic nitrogens is 5. The molecular formula is C17H17ClN6S. The molecule has 0 saturated carbocycles. The van der Waals surface area contributed by atoms with Crippen LogP contribution in [0.1, 0.15) is 11.1 Å². The van der Waals surface area contributed by atoms with Crippen LogP contribution < -0.4 is 5.32 Å². The van der Waals surface area contributed by atoms with Gasteiger partial charge < -0.3 is 5.32 Å². The Balaban J connectivity index is 0.00000182. The molecule has 4 aromatic rings. The van der Waals surface area contributed by atoms with Crippen LogP contribution in [0.5, 0.6) is 0 Å². The van der Waals surface area contributed by atoms with Gasteiger partial charge in [0, 0.05) is 37.2 Å². The first-order chi connectivity index (χ1) is 11.9. The Morgan fingerprint density at radius 3 is 2.84 bits per heavy atom. The third-order valence-corrected chi connectivity index (χ3v) is 4.60. The summed E-state index contributed by atoms with van der Waals surface area (Å²) in [4.78, 5) is 9.70. The number of nitrogens with one attached hydrogen (secondary N) is 2. The Kier molecular flexibility index (Phi) is 5.60. The molecule has 4 aromatic heterocycles. The molecule has 128 valence electrons. The third kappa shape index (κ3) is 3.96. The summed E-state index contributed by atoms with van der Waals surface area (Å²) >= 11 is 1.71. The molecular weight excluding hydrogens is 356 g/mol. The third-order valence-electron chi connectivity index (χ3n) is 3.71. The molecule has 0 aromatic carbocycles. The number of hydrogen-bond acceptors (Lipinski definition) is 5. The molecule has 4 rings (SSSR count). The Hall–Kier alpha value is -2.48. The van der Waals surface area contributed by atoms with E-state index in [0.29, 0.717) is 0 Å². The molecule has 0 radical (unpaired) electrons. The lowest BCUT2D eigenvalue weighted by atomic mass is 10.2. The van der Waals surface area contributed by atoms with Crippen LogP contribution in [0.2, 0.25) is 0 Å². The van der Waals surface area contributed by atoms with E-state index in [9.17, 15) is 0 Å². The molecule has 25 heavy (non-hydrogen) atoms. The molecule has 2 N–H and O–H groups in total. The van der Waals surface area contributed by atoms with Crippen molar-refractivity contribution in [1.29, 1.82) is 0 Å². The molecule has 0 amide bonds. The van der Waals surface area contributed by atoms with Crippen molar-refractivity contribution < 1.29 is 0 Å². The Morgan fingerprint density at radius 1 is 1.16 bits per heavy atom. The fourth-order valence-electron chi connectivity index (χ4n) is 2.49. The monoisotopic (exact) mass is 372 g/mol. The zero-order valence-electron chi connectivity index (χ0n) is 13.3. The number of aromatic amines is 1. The van der Waals surface area contributed by atoms with E-state index in [-0.39, 0.29) is 12.4 Å². The molecule has 8 heteroatoms. The first-order valence-electron chi connectivity index (χ1n) is 7.60. The zero-order chi connectivity index (χ0) is 16.2. The lowest BCUT2D eigenvalue weighted by Gasteiger charge is -2.06. The van der Waals surface area contributed by atoms with Gasteiger partial charge in [0.15, 0.2) is 0 Å². The fourth-order valence-corrected chi connectivity index (χ4v) is 3.24. The SMILES string of the molecule is Cl.c1csc(-c2[nH]ncc2CNCc2ccc(-n3ccnc3)nc2)c1. The van der Waals surface area contributed by atoms with Crippen molar-refractivity contribution in [2.45, 2.75) is 13.1 Å². The van der Waals surface area contributed by atoms with E-state index in [1.165, 1.54) is 10.4 Å². The molecule has 6 nitrogen and oxygen atoms in total. The van der Waals surface area contributed by atoms with Crippen molar-refractivity contribution in [3.05, 3.63) is 71.9 Å². The highest BCUT2D eigenvalue weighted by Gasteiger charge is 2.08. The summed E-state index contributed by atoms with van der Waals surface area (Å²) < 4.78 is 1.88. The molecule has 0 spiro atoms. The first-order valence-corrected chi connectivity index (χ1v) is 8.48. The van der Waals surface area contributed by atoms with Crippen LogP contribution in [-0.4, -0.2) is 24.7 Å². The maximum atomic E-state index is 4.46. The second-order valence-electron chi connectivity index (χ2n) is 5.35. The lowest BCUT2D eigenvalue weighted by molar-refractivity contribution is 0.692. The average Bonchev–Trinajstić information content (AvgIpc) is 3.37. The number of halogens is 1. The standard InChI is InChI=1S/C17H16N6S.ClH/c1-2-15(24-7-1)17-14(11-21-22-17)10-19-8-13-3-4-16(20-9-13)23-6-5-18-12-23;/h1-7,9,11-12,19H,8,10H2,(H,21,22);1H. The Morgan fingerprint density at radius 2 is 2.12 bits per heavy atom. The van der Waals surface area contributed by atoms with Crippen LogP contribution in [0.15, 0.2) is 60.8 Å². The van der Waals surface area contributed by atoms with Crippen LogP contribution in [0.3, 0.4) is 0 Å². The summed E-state index contributed by atoms with van der Waals surface area (Å²) in [6.07, 6.45) is 9.13. The van der Waals surface area contributed by atoms with E-state index < -0.39 is 0 Å². The van der Waals surface area contributed by atoms with Gasteiger partial charge in [0.05, 0.1) is 16.8 Å². The minimum Gasteiger partial charge on any atom is -0.308 e. The van der Waals surface area contributed by atoms with Crippen molar-refractivity contribution in [3.8, 4) is 16.4 Å². The van der Waals surface area contributed by atoms with Gasteiger partial charge in [-0.15, -0.1) is 23.7 Å². The summed E-state index contributed by atoms with van der Waals surface area (Å²) in [7, 11) is 0. The minimum atomic E-state index is 0. The zero-order valence-corrected chi connectivity index (χ0v) is 14.9. The summed E-state index contributed by atoms with van der Waals surface area (Å²) in [5, 5.41) is 12.8. The van der Waals surface area contributed by atoms with Crippen LogP contribution in [0.4, 0.5) is 0 Å². The first kappa shape index (κ1) is 17.3. The molecule has 0 aliphatic rings. The van der Waals surface area contributed by atoms with E-state index in [2.05, 4.69) is 43.0 Å². The quantitative estimate of drug-likeness (QED) is 0.544. The molecule has 0 unspecified atom stereocenters. The summed E-state index contributed by atoms with van der Waals surface area (Å²) in [6.45, 7) is 1.51. The number of rotatable bonds is 6. The molecule has 0 saturated heterocycles. The van der Waals surface area contributed by atoms with E-state index >= 15 is 0 Å². The van der Waals surface area contributed by atoms with Crippen LogP contribution >= 0.6 is 23.7 Å². The molecule has 0 aliphatic heterocycles. The lowest BCUT2D eigenvalue weighted by Crippen LogP contribution is -2.13. The predicted octanol–water partition coefficient (Wildman–Crippen LogP) is 3.43. The number of pyridine rings is 1. The van der Waals surface area contributed by atoms with Gasteiger partial charge in [-0.05, 0) is 23.1 Å². The van der Waals surface area contributed by atoms with E-state index in [0.717, 1.165) is 30.2 Å². The smallest absolute Gasteiger partial charge is 0.137 e. The number of thiophene rings is 1. The van der Waals surface area contributed by atoms with Crippen molar-refractivity contribution in [1.82, 2.24) is 30.0 Å². The van der Waals surface area contributed by atoms with Crippen molar-refractivity contribution in [2.75, 3.05) is 0 Å². The topological polar surface area (TPSA) is 71.4 Å². The number of H-pyrrole nitrogens is 1. The predicted molar refractivity (Wildman–Crippen MR) is 101 cm³/mol. The van der Waals surface area contributed by atoms with Crippen molar-refractivity contribution in [3.63, 3.8) is 0 Å². The largest absolute Gasteiger partial charge is 0.308 e. The number of nitrogens with zero attached hydrogens (tertiary/aromatic N) is 4. The molecule has 0 aliphatic carbocycles. The van der Waals surface area contributed by atoms with Gasteiger partial charge in [0.25, 0.3) is 0 Å². The van der Waals surface area contributed by atoms with Gasteiger partial charge >= 0.3 is 0 Å². The summed E-state index contributed by atoms with van der Waals surface area (Å²) in [6, 6.07) is 8.21. The Bertz CT molecular complexity index is 884. The van der Waals surface area contributed by atoms with Crippen LogP contribution in [-0.2, 0) is 13.1 Å². The van der Waals surface area contributed by atoms with Crippen LogP contribution in [0.25, 0.3) is 16.4 Å². The normalized spacial score (nSPS) is 10.6. The Labute approximate surface area is 155 Å². The highest BCUT2D eigenvalue weighted by Crippen LogP contribution is 2.25. The number of hydrogen-bond donors (Lipinski definition) is 2. The second kappa shape index (κ2) is 8.06.